The maximum atomic E-state index is 14.6. The second-order valence-electron chi connectivity index (χ2n) is 16.5. The molecule has 10 atom stereocenters. The molecule has 0 radical (unpaired) electrons. The number of nitrogens with zero attached hydrogens (tertiary/aromatic N) is 1. The van der Waals surface area contributed by atoms with Crippen LogP contribution in [0.25, 0.3) is 0 Å². The van der Waals surface area contributed by atoms with E-state index in [9.17, 15) is 9.59 Å². The van der Waals surface area contributed by atoms with E-state index >= 15 is 0 Å². The number of esters is 1. The Morgan fingerprint density at radius 3 is 2.29 bits per heavy atom. The Morgan fingerprint density at radius 1 is 0.929 bits per heavy atom. The zero-order chi connectivity index (χ0) is 30.5. The molecular formula is C36H55ClN2O3. The SMILES string of the molecule is CC(=O)O[C@@H]1CC[C@]2(C)C3=C(Cl)C=C4C5[C@@H](C)[C@H](C)CC[C@]5(C)CC[C@@]4(C)[C@]3(C)CCC2[C@@]1(C)C(=O)N1CCNCC1. The molecule has 0 bridgehead atoms. The number of rotatable bonds is 2. The van der Waals surface area contributed by atoms with Gasteiger partial charge in [-0.1, -0.05) is 58.7 Å². The predicted octanol–water partition coefficient (Wildman–Crippen LogP) is 7.49. The van der Waals surface area contributed by atoms with E-state index in [1.54, 1.807) is 5.57 Å². The summed E-state index contributed by atoms with van der Waals surface area (Å²) < 4.78 is 6.04. The smallest absolute Gasteiger partial charge is 0.302 e. The van der Waals surface area contributed by atoms with E-state index in [2.05, 4.69) is 59.9 Å². The molecule has 6 rings (SSSR count). The molecule has 0 aromatic carbocycles. The summed E-state index contributed by atoms with van der Waals surface area (Å²) in [7, 11) is 0. The average molecular weight is 599 g/mol. The van der Waals surface area contributed by atoms with Gasteiger partial charge in [0.25, 0.3) is 0 Å². The molecule has 0 spiro atoms. The summed E-state index contributed by atoms with van der Waals surface area (Å²) in [5.74, 6) is 1.86. The van der Waals surface area contributed by atoms with Crippen molar-refractivity contribution >= 4 is 23.5 Å². The molecule has 0 aromatic rings. The minimum Gasteiger partial charge on any atom is -0.461 e. The number of fused-ring (bicyclic) bond motifs is 7. The normalized spacial score (nSPS) is 48.7. The van der Waals surface area contributed by atoms with E-state index < -0.39 is 11.5 Å². The van der Waals surface area contributed by atoms with Crippen LogP contribution >= 0.6 is 11.6 Å². The van der Waals surface area contributed by atoms with Gasteiger partial charge in [0.05, 0.1) is 5.41 Å². The third-order valence-corrected chi connectivity index (χ3v) is 14.9. The second-order valence-corrected chi connectivity index (χ2v) is 16.9. The Bertz CT molecular complexity index is 1220. The molecule has 0 aromatic heterocycles. The molecular weight excluding hydrogens is 544 g/mol. The second kappa shape index (κ2) is 10.1. The highest BCUT2D eigenvalue weighted by molar-refractivity contribution is 6.32. The van der Waals surface area contributed by atoms with Gasteiger partial charge in [0.2, 0.25) is 5.91 Å². The third-order valence-electron chi connectivity index (χ3n) is 14.6. The average Bonchev–Trinajstić information content (AvgIpc) is 2.94. The monoisotopic (exact) mass is 598 g/mol. The van der Waals surface area contributed by atoms with E-state index in [0.717, 1.165) is 43.3 Å². The van der Waals surface area contributed by atoms with Crippen molar-refractivity contribution in [3.8, 4) is 0 Å². The van der Waals surface area contributed by atoms with Gasteiger partial charge in [-0.25, -0.2) is 0 Å². The van der Waals surface area contributed by atoms with Crippen LogP contribution in [0.1, 0.15) is 107 Å². The summed E-state index contributed by atoms with van der Waals surface area (Å²) in [6.07, 6.45) is 10.7. The van der Waals surface area contributed by atoms with E-state index in [4.69, 9.17) is 16.3 Å². The highest BCUT2D eigenvalue weighted by atomic mass is 35.5. The molecule has 5 aliphatic carbocycles. The molecule has 1 amide bonds. The van der Waals surface area contributed by atoms with Crippen molar-refractivity contribution in [2.24, 2.45) is 50.7 Å². The summed E-state index contributed by atoms with van der Waals surface area (Å²) in [5, 5.41) is 4.33. The third kappa shape index (κ3) is 4.03. The largest absolute Gasteiger partial charge is 0.461 e. The van der Waals surface area contributed by atoms with Crippen molar-refractivity contribution in [1.29, 1.82) is 0 Å². The first-order valence-electron chi connectivity index (χ1n) is 16.9. The Hall–Kier alpha value is -1.33. The number of allylic oxidation sites excluding steroid dienone is 4. The van der Waals surface area contributed by atoms with Crippen molar-refractivity contribution in [3.63, 3.8) is 0 Å². The summed E-state index contributed by atoms with van der Waals surface area (Å²) in [6, 6.07) is 0. The zero-order valence-corrected chi connectivity index (χ0v) is 28.3. The zero-order valence-electron chi connectivity index (χ0n) is 27.5. The number of ether oxygens (including phenoxy) is 1. The van der Waals surface area contributed by atoms with Gasteiger partial charge in [-0.3, -0.25) is 9.59 Å². The minimum absolute atomic E-state index is 0.0515. The molecule has 1 aliphatic heterocycles. The van der Waals surface area contributed by atoms with Crippen molar-refractivity contribution in [2.75, 3.05) is 26.2 Å². The summed E-state index contributed by atoms with van der Waals surface area (Å²) in [6.45, 7) is 21.6. The van der Waals surface area contributed by atoms with Gasteiger partial charge in [0.15, 0.2) is 0 Å². The molecule has 42 heavy (non-hydrogen) atoms. The lowest BCUT2D eigenvalue weighted by Crippen LogP contribution is -2.66. The Morgan fingerprint density at radius 2 is 1.62 bits per heavy atom. The molecule has 4 saturated carbocycles. The van der Waals surface area contributed by atoms with E-state index in [0.29, 0.717) is 36.8 Å². The van der Waals surface area contributed by atoms with Gasteiger partial charge in [-0.05, 0) is 115 Å². The first kappa shape index (κ1) is 30.7. The van der Waals surface area contributed by atoms with Gasteiger partial charge < -0.3 is 15.0 Å². The lowest BCUT2D eigenvalue weighted by molar-refractivity contribution is -0.188. The Kier molecular flexibility index (Phi) is 7.37. The summed E-state index contributed by atoms with van der Waals surface area (Å²) in [4.78, 5) is 29.0. The van der Waals surface area contributed by atoms with Gasteiger partial charge in [0, 0.05) is 38.1 Å². The first-order chi connectivity index (χ1) is 19.6. The molecule has 5 nitrogen and oxygen atoms in total. The van der Waals surface area contributed by atoms with Crippen molar-refractivity contribution in [2.45, 2.75) is 113 Å². The number of halogens is 1. The molecule has 6 heteroatoms. The lowest BCUT2D eigenvalue weighted by atomic mass is 9.35. The van der Waals surface area contributed by atoms with Gasteiger partial charge >= 0.3 is 5.97 Å². The van der Waals surface area contributed by atoms with Crippen LogP contribution in [-0.4, -0.2) is 49.1 Å². The quantitative estimate of drug-likeness (QED) is 0.335. The van der Waals surface area contributed by atoms with E-state index in [-0.39, 0.29) is 34.0 Å². The number of nitrogens with one attached hydrogen (secondary N) is 1. The number of piperazine rings is 1. The molecule has 6 aliphatic rings. The van der Waals surface area contributed by atoms with E-state index in [1.165, 1.54) is 38.2 Å². The maximum absolute atomic E-state index is 14.6. The van der Waals surface area contributed by atoms with Gasteiger partial charge in [0.1, 0.15) is 6.10 Å². The molecule has 5 fully saturated rings. The number of hydrogen-bond donors (Lipinski definition) is 1. The fraction of sp³-hybridized carbons (Fsp3) is 0.833. The van der Waals surface area contributed by atoms with Crippen LogP contribution in [-0.2, 0) is 14.3 Å². The van der Waals surface area contributed by atoms with Crippen LogP contribution in [0.15, 0.2) is 22.3 Å². The van der Waals surface area contributed by atoms with Crippen molar-refractivity contribution in [3.05, 3.63) is 22.3 Å². The number of amides is 1. The van der Waals surface area contributed by atoms with Crippen LogP contribution < -0.4 is 5.32 Å². The predicted molar refractivity (Wildman–Crippen MR) is 169 cm³/mol. The molecule has 1 N–H and O–H groups in total. The lowest BCUT2D eigenvalue weighted by Gasteiger charge is -2.69. The highest BCUT2D eigenvalue weighted by Gasteiger charge is 2.69. The van der Waals surface area contributed by atoms with Crippen LogP contribution in [0.2, 0.25) is 0 Å². The maximum Gasteiger partial charge on any atom is 0.302 e. The molecule has 1 saturated heterocycles. The van der Waals surface area contributed by atoms with Crippen molar-refractivity contribution in [1.82, 2.24) is 10.2 Å². The summed E-state index contributed by atoms with van der Waals surface area (Å²) in [5.41, 5.74) is 2.31. The van der Waals surface area contributed by atoms with Crippen LogP contribution in [0.4, 0.5) is 0 Å². The standard InChI is InChI=1S/C36H55ClN2O3/c1-22-9-12-32(4)15-16-34(6)25(29(32)23(22)2)21-26(37)30-33(5)13-11-28(42-24(3)40)36(8,27(33)10-14-35(30,34)7)31(41)39-19-17-38-18-20-39/h21-23,27-29,38H,9-20H2,1-8H3/t22-,23+,27?,28-,29?,32-,33+,34-,35-,36-/m1/s1. The van der Waals surface area contributed by atoms with Crippen molar-refractivity contribution < 1.29 is 14.3 Å². The van der Waals surface area contributed by atoms with E-state index in [1.807, 2.05) is 4.90 Å². The first-order valence-corrected chi connectivity index (χ1v) is 17.3. The van der Waals surface area contributed by atoms with Crippen LogP contribution in [0.5, 0.6) is 0 Å². The molecule has 2 unspecified atom stereocenters. The highest BCUT2D eigenvalue weighted by Crippen LogP contribution is 2.75. The number of carbonyl (C=O) groups is 2. The number of hydrogen-bond acceptors (Lipinski definition) is 4. The molecule has 234 valence electrons. The fourth-order valence-corrected chi connectivity index (χ4v) is 12.4. The topological polar surface area (TPSA) is 58.6 Å². The number of carbonyl (C=O) groups excluding carboxylic acids is 2. The Balaban J connectivity index is 1.48. The van der Waals surface area contributed by atoms with Crippen LogP contribution in [0.3, 0.4) is 0 Å². The van der Waals surface area contributed by atoms with Gasteiger partial charge in [-0.15, -0.1) is 0 Å². The Labute approximate surface area is 259 Å². The van der Waals surface area contributed by atoms with Gasteiger partial charge in [-0.2, -0.15) is 0 Å². The minimum atomic E-state index is -0.787. The van der Waals surface area contributed by atoms with Crippen LogP contribution in [0, 0.1) is 50.7 Å². The summed E-state index contributed by atoms with van der Waals surface area (Å²) >= 11 is 7.59. The molecule has 1 heterocycles. The fourth-order valence-electron chi connectivity index (χ4n) is 11.8.